The fourth-order valence-electron chi connectivity index (χ4n) is 10.0. The van der Waals surface area contributed by atoms with Crippen LogP contribution in [0.25, 0.3) is 10.9 Å². The first kappa shape index (κ1) is 44.8. The van der Waals surface area contributed by atoms with Crippen molar-refractivity contribution in [1.29, 1.82) is 0 Å². The van der Waals surface area contributed by atoms with Crippen LogP contribution in [0.3, 0.4) is 0 Å². The molecular weight excluding hydrogens is 843 g/mol. The highest BCUT2D eigenvalue weighted by Gasteiger charge is 2.47. The molecule has 3 amide bonds. The van der Waals surface area contributed by atoms with Crippen LogP contribution < -0.4 is 36.0 Å². The Balaban J connectivity index is 0.830. The van der Waals surface area contributed by atoms with E-state index in [2.05, 4.69) is 35.6 Å². The minimum absolute atomic E-state index is 0.0880. The van der Waals surface area contributed by atoms with Gasteiger partial charge in [0.25, 0.3) is 17.4 Å². The number of hydrogen-bond donors (Lipinski definition) is 3. The van der Waals surface area contributed by atoms with Gasteiger partial charge in [-0.2, -0.15) is 4.98 Å². The van der Waals surface area contributed by atoms with Crippen LogP contribution >= 0.6 is 11.6 Å². The van der Waals surface area contributed by atoms with E-state index in [0.29, 0.717) is 39.6 Å². The molecule has 5 heterocycles. The van der Waals surface area contributed by atoms with Gasteiger partial charge in [-0.15, -0.1) is 0 Å². The van der Waals surface area contributed by atoms with E-state index in [1.807, 2.05) is 32.0 Å². The average molecular weight is 899 g/mol. The first-order valence-corrected chi connectivity index (χ1v) is 22.5. The topological polar surface area (TPSA) is 174 Å². The van der Waals surface area contributed by atoms with Crippen molar-refractivity contribution in [2.45, 2.75) is 71.0 Å². The monoisotopic (exact) mass is 898 g/mol. The van der Waals surface area contributed by atoms with E-state index in [0.717, 1.165) is 88.7 Å². The van der Waals surface area contributed by atoms with Gasteiger partial charge < -0.3 is 44.7 Å². The van der Waals surface area contributed by atoms with Crippen LogP contribution in [-0.4, -0.2) is 121 Å². The lowest BCUT2D eigenvalue weighted by molar-refractivity contribution is -0.125. The third kappa shape index (κ3) is 9.09. The molecule has 4 aromatic rings. The van der Waals surface area contributed by atoms with Crippen molar-refractivity contribution >= 4 is 69.7 Å². The molecule has 2 aromatic carbocycles. The van der Waals surface area contributed by atoms with Crippen LogP contribution in [0.2, 0.25) is 5.02 Å². The molecule has 3 aliphatic heterocycles. The standard InChI is InChI=1S/C46H56ClFN10O6/c1-28(2)58-36-8-7-32(18-30(36)20-39(44(58)63)64-27-40(60)49-3)52-41-34(47)24-51-45(53-41)56-15-13-54(14-16-56)25-29-22-46(23-29)9-11-55(12-10-46)38-19-31-26-57(43(62)33(31)21-35(38)48)37(6-5-17-59)42(61)50-4/h7-8,17-21,24,28-29,37H,5-6,9-16,22-23,25-27H2,1-4H3,(H,49,60)(H,50,61)(H,51,52,53). The second-order valence-electron chi connectivity index (χ2n) is 17.8. The van der Waals surface area contributed by atoms with Crippen molar-refractivity contribution in [2.75, 3.05) is 81.6 Å². The van der Waals surface area contributed by atoms with Gasteiger partial charge in [0.1, 0.15) is 23.2 Å². The molecule has 2 aromatic heterocycles. The van der Waals surface area contributed by atoms with Gasteiger partial charge >= 0.3 is 0 Å². The van der Waals surface area contributed by atoms with Crippen LogP contribution in [0.4, 0.5) is 27.5 Å². The van der Waals surface area contributed by atoms with E-state index in [4.69, 9.17) is 21.3 Å². The number of anilines is 4. The number of aldehydes is 1. The molecule has 4 aliphatic rings. The number of rotatable bonds is 15. The lowest BCUT2D eigenvalue weighted by atomic mass is 9.57. The predicted octanol–water partition coefficient (Wildman–Crippen LogP) is 4.90. The first-order chi connectivity index (χ1) is 30.8. The SMILES string of the molecule is CNC(=O)COc1cc2cc(Nc3nc(N4CCN(CC5CC6(CCN(c7cc8c(cc7F)C(=O)N(C(CCC=O)C(=O)NC)C8)CC6)C5)CC4)ncc3Cl)ccc2n(C(C)C)c1=O. The number of carbonyl (C=O) groups excluding carboxylic acids is 4. The molecule has 3 fully saturated rings. The van der Waals surface area contributed by atoms with E-state index < -0.39 is 11.9 Å². The Bertz CT molecular complexity index is 2500. The van der Waals surface area contributed by atoms with Gasteiger partial charge in [0, 0.05) is 95.6 Å². The summed E-state index contributed by atoms with van der Waals surface area (Å²) in [4.78, 5) is 79.6. The smallest absolute Gasteiger partial charge is 0.293 e. The highest BCUT2D eigenvalue weighted by atomic mass is 35.5. The highest BCUT2D eigenvalue weighted by Crippen LogP contribution is 2.53. The van der Waals surface area contributed by atoms with E-state index in [-0.39, 0.29) is 72.0 Å². The van der Waals surface area contributed by atoms with Gasteiger partial charge in [-0.3, -0.25) is 24.1 Å². The lowest BCUT2D eigenvalue weighted by Gasteiger charge is -2.54. The number of nitrogens with one attached hydrogen (secondary N) is 3. The summed E-state index contributed by atoms with van der Waals surface area (Å²) in [6, 6.07) is 9.44. The summed E-state index contributed by atoms with van der Waals surface area (Å²) in [5.74, 6) is 0.261. The van der Waals surface area contributed by atoms with Gasteiger partial charge in [-0.25, -0.2) is 9.37 Å². The molecule has 340 valence electrons. The minimum Gasteiger partial charge on any atom is -0.478 e. The second-order valence-corrected chi connectivity index (χ2v) is 18.2. The molecular formula is C46H56ClFN10O6. The summed E-state index contributed by atoms with van der Waals surface area (Å²) in [5, 5.41) is 9.54. The van der Waals surface area contributed by atoms with E-state index in [9.17, 15) is 24.0 Å². The third-order valence-electron chi connectivity index (χ3n) is 13.4. The van der Waals surface area contributed by atoms with Crippen LogP contribution in [0.15, 0.2) is 47.4 Å². The Morgan fingerprint density at radius 1 is 1.00 bits per heavy atom. The maximum atomic E-state index is 15.6. The Hall–Kier alpha value is -5.81. The Morgan fingerprint density at radius 2 is 1.75 bits per heavy atom. The van der Waals surface area contributed by atoms with Gasteiger partial charge in [0.2, 0.25) is 11.9 Å². The number of aromatic nitrogens is 3. The predicted molar refractivity (Wildman–Crippen MR) is 243 cm³/mol. The molecule has 2 saturated heterocycles. The number of likely N-dealkylation sites (N-methyl/N-ethyl adjacent to an activating group) is 2. The van der Waals surface area contributed by atoms with Crippen LogP contribution in [0.5, 0.6) is 5.75 Å². The fraction of sp³-hybridized carbons (Fsp3) is 0.500. The van der Waals surface area contributed by atoms with Crippen molar-refractivity contribution in [2.24, 2.45) is 11.3 Å². The maximum Gasteiger partial charge on any atom is 0.293 e. The maximum absolute atomic E-state index is 15.6. The van der Waals surface area contributed by atoms with Gasteiger partial charge in [-0.1, -0.05) is 11.6 Å². The van der Waals surface area contributed by atoms with Gasteiger partial charge in [0.05, 0.1) is 17.4 Å². The zero-order valence-electron chi connectivity index (χ0n) is 36.8. The van der Waals surface area contributed by atoms with Gasteiger partial charge in [-0.05, 0) is 99.2 Å². The van der Waals surface area contributed by atoms with Crippen molar-refractivity contribution < 1.29 is 28.3 Å². The summed E-state index contributed by atoms with van der Waals surface area (Å²) < 4.78 is 22.9. The molecule has 1 aliphatic carbocycles. The molecule has 8 rings (SSSR count). The number of amides is 3. The minimum atomic E-state index is -0.791. The summed E-state index contributed by atoms with van der Waals surface area (Å²) in [6.07, 6.45) is 6.99. The Kier molecular flexibility index (Phi) is 13.1. The quantitative estimate of drug-likeness (QED) is 0.138. The zero-order valence-corrected chi connectivity index (χ0v) is 37.5. The largest absolute Gasteiger partial charge is 0.478 e. The molecule has 16 nitrogen and oxygen atoms in total. The second kappa shape index (κ2) is 18.7. The summed E-state index contributed by atoms with van der Waals surface area (Å²) in [6.45, 7) is 9.62. The molecule has 1 atom stereocenters. The molecule has 1 unspecified atom stereocenters. The lowest BCUT2D eigenvalue weighted by Crippen LogP contribution is -2.53. The molecule has 18 heteroatoms. The fourth-order valence-corrected chi connectivity index (χ4v) is 10.2. The Labute approximate surface area is 376 Å². The number of pyridine rings is 1. The number of piperazine rings is 1. The number of benzene rings is 2. The molecule has 64 heavy (non-hydrogen) atoms. The normalized spacial score (nSPS) is 18.0. The van der Waals surface area contributed by atoms with Crippen molar-refractivity contribution in [3.8, 4) is 5.75 Å². The Morgan fingerprint density at radius 3 is 2.44 bits per heavy atom. The van der Waals surface area contributed by atoms with E-state index >= 15 is 4.39 Å². The van der Waals surface area contributed by atoms with E-state index in [1.165, 1.54) is 25.1 Å². The summed E-state index contributed by atoms with van der Waals surface area (Å²) in [7, 11) is 3.01. The van der Waals surface area contributed by atoms with Crippen LogP contribution in [-0.2, 0) is 20.9 Å². The molecule has 3 N–H and O–H groups in total. The summed E-state index contributed by atoms with van der Waals surface area (Å²) in [5.41, 5.74) is 2.88. The number of fused-ring (bicyclic) bond motifs is 2. The number of ether oxygens (including phenoxy) is 1. The number of nitrogens with zero attached hydrogens (tertiary/aromatic N) is 7. The van der Waals surface area contributed by atoms with Gasteiger partial charge in [0.15, 0.2) is 18.2 Å². The number of hydrogen-bond acceptors (Lipinski definition) is 12. The van der Waals surface area contributed by atoms with Crippen LogP contribution in [0, 0.1) is 17.2 Å². The molecule has 0 radical (unpaired) electrons. The number of halogens is 2. The number of piperidine rings is 1. The third-order valence-corrected chi connectivity index (χ3v) is 13.7. The highest BCUT2D eigenvalue weighted by molar-refractivity contribution is 6.33. The number of carbonyl (C=O) groups is 4. The van der Waals surface area contributed by atoms with Crippen molar-refractivity contribution in [1.82, 2.24) is 35.0 Å². The van der Waals surface area contributed by atoms with Crippen molar-refractivity contribution in [3.05, 3.63) is 74.9 Å². The molecule has 1 spiro atoms. The van der Waals surface area contributed by atoms with Crippen LogP contribution in [0.1, 0.15) is 74.3 Å². The first-order valence-electron chi connectivity index (χ1n) is 22.1. The summed E-state index contributed by atoms with van der Waals surface area (Å²) >= 11 is 6.61. The van der Waals surface area contributed by atoms with E-state index in [1.54, 1.807) is 22.9 Å². The molecule has 1 saturated carbocycles. The zero-order chi connectivity index (χ0) is 45.3. The molecule has 0 bridgehead atoms. The van der Waals surface area contributed by atoms with Crippen molar-refractivity contribution in [3.63, 3.8) is 0 Å². The average Bonchev–Trinajstić information content (AvgIpc) is 3.59.